The van der Waals surface area contributed by atoms with Crippen molar-refractivity contribution in [1.82, 2.24) is 5.32 Å². The summed E-state index contributed by atoms with van der Waals surface area (Å²) in [6, 6.07) is 17.9. The molecule has 3 aromatic carbocycles. The minimum absolute atomic E-state index is 0.199. The molecule has 1 unspecified atom stereocenters. The molecule has 0 aliphatic carbocycles. The van der Waals surface area contributed by atoms with Gasteiger partial charge in [0.25, 0.3) is 5.91 Å². The molecule has 0 fully saturated rings. The Morgan fingerprint density at radius 2 is 1.86 bits per heavy atom. The van der Waals surface area contributed by atoms with E-state index >= 15 is 0 Å². The van der Waals surface area contributed by atoms with E-state index in [2.05, 4.69) is 5.32 Å². The Labute approximate surface area is 160 Å². The van der Waals surface area contributed by atoms with Crippen LogP contribution in [-0.2, 0) is 6.42 Å². The predicted molar refractivity (Wildman–Crippen MR) is 99.8 cm³/mol. The summed E-state index contributed by atoms with van der Waals surface area (Å²) in [5.41, 5.74) is 0.774. The number of carbonyl (C=O) groups is 1. The predicted octanol–water partition coefficient (Wildman–Crippen LogP) is 4.49. The Bertz CT molecular complexity index is 1010. The van der Waals surface area contributed by atoms with Gasteiger partial charge in [-0.15, -0.1) is 0 Å². The van der Waals surface area contributed by atoms with Crippen LogP contribution in [0.25, 0.3) is 0 Å². The molecule has 1 atom stereocenters. The van der Waals surface area contributed by atoms with Crippen molar-refractivity contribution in [2.75, 3.05) is 6.54 Å². The third-order valence-corrected chi connectivity index (χ3v) is 4.42. The number of benzene rings is 3. The lowest BCUT2D eigenvalue weighted by Gasteiger charge is -2.12. The Kier molecular flexibility index (Phi) is 4.93. The van der Waals surface area contributed by atoms with Gasteiger partial charge in [0.05, 0.1) is 12.1 Å². The summed E-state index contributed by atoms with van der Waals surface area (Å²) >= 11 is 0. The summed E-state index contributed by atoms with van der Waals surface area (Å²) in [5.74, 6) is -0.0520. The number of ether oxygens (including phenoxy) is 2. The maximum absolute atomic E-state index is 13.7. The highest BCUT2D eigenvalue weighted by molar-refractivity contribution is 5.94. The first-order valence-corrected chi connectivity index (χ1v) is 8.84. The topological polar surface area (TPSA) is 47.6 Å². The van der Waals surface area contributed by atoms with E-state index < -0.39 is 17.5 Å². The monoisotopic (exact) mass is 381 g/mol. The SMILES string of the molecule is O=C(NCC1Cc2cc(Oc3ccccc3)ccc2O1)c1ccc(F)cc1F. The Balaban J connectivity index is 1.36. The number of hydrogen-bond donors (Lipinski definition) is 1. The van der Waals surface area contributed by atoms with Crippen LogP contribution in [-0.4, -0.2) is 18.6 Å². The molecule has 28 heavy (non-hydrogen) atoms. The quantitative estimate of drug-likeness (QED) is 0.708. The number of amides is 1. The van der Waals surface area contributed by atoms with E-state index in [1.807, 2.05) is 48.5 Å². The molecule has 4 nitrogen and oxygen atoms in total. The number of nitrogens with one attached hydrogen (secondary N) is 1. The molecular formula is C22H17F2NO3. The Morgan fingerprint density at radius 1 is 1.04 bits per heavy atom. The maximum atomic E-state index is 13.7. The normalized spacial score (nSPS) is 14.9. The van der Waals surface area contributed by atoms with E-state index in [1.165, 1.54) is 0 Å². The van der Waals surface area contributed by atoms with Gasteiger partial charge in [-0.05, 0) is 42.5 Å². The average Bonchev–Trinajstić information content (AvgIpc) is 3.09. The third-order valence-electron chi connectivity index (χ3n) is 4.42. The van der Waals surface area contributed by atoms with E-state index in [-0.39, 0.29) is 18.2 Å². The van der Waals surface area contributed by atoms with Crippen LogP contribution < -0.4 is 14.8 Å². The zero-order valence-electron chi connectivity index (χ0n) is 14.8. The first-order chi connectivity index (χ1) is 13.6. The zero-order valence-corrected chi connectivity index (χ0v) is 14.8. The number of halogens is 2. The molecule has 0 saturated heterocycles. The van der Waals surface area contributed by atoms with E-state index in [0.717, 1.165) is 29.2 Å². The van der Waals surface area contributed by atoms with Crippen LogP contribution in [0.1, 0.15) is 15.9 Å². The summed E-state index contributed by atoms with van der Waals surface area (Å²) in [6.07, 6.45) is 0.322. The van der Waals surface area contributed by atoms with Crippen molar-refractivity contribution in [2.24, 2.45) is 0 Å². The van der Waals surface area contributed by atoms with Gasteiger partial charge >= 0.3 is 0 Å². The molecule has 0 aromatic heterocycles. The van der Waals surface area contributed by atoms with Crippen molar-refractivity contribution >= 4 is 5.91 Å². The molecule has 1 amide bonds. The average molecular weight is 381 g/mol. The van der Waals surface area contributed by atoms with Crippen LogP contribution in [0.2, 0.25) is 0 Å². The molecule has 1 N–H and O–H groups in total. The minimum Gasteiger partial charge on any atom is -0.488 e. The highest BCUT2D eigenvalue weighted by atomic mass is 19.1. The molecule has 142 valence electrons. The van der Waals surface area contributed by atoms with Crippen LogP contribution in [0.5, 0.6) is 17.2 Å². The van der Waals surface area contributed by atoms with Gasteiger partial charge in [0.15, 0.2) is 0 Å². The van der Waals surface area contributed by atoms with Crippen molar-refractivity contribution in [3.05, 3.63) is 89.5 Å². The van der Waals surface area contributed by atoms with Gasteiger partial charge in [-0.1, -0.05) is 18.2 Å². The van der Waals surface area contributed by atoms with E-state index in [0.29, 0.717) is 18.2 Å². The van der Waals surface area contributed by atoms with Gasteiger partial charge in [-0.3, -0.25) is 4.79 Å². The first-order valence-electron chi connectivity index (χ1n) is 8.84. The molecule has 0 radical (unpaired) electrons. The molecule has 0 saturated carbocycles. The van der Waals surface area contributed by atoms with Crippen LogP contribution >= 0.6 is 0 Å². The lowest BCUT2D eigenvalue weighted by atomic mass is 10.1. The molecule has 4 rings (SSSR count). The second-order valence-corrected chi connectivity index (χ2v) is 6.46. The van der Waals surface area contributed by atoms with E-state index in [1.54, 1.807) is 0 Å². The van der Waals surface area contributed by atoms with Crippen LogP contribution in [0.4, 0.5) is 8.78 Å². The lowest BCUT2D eigenvalue weighted by Crippen LogP contribution is -2.34. The Hall–Kier alpha value is -3.41. The number of carbonyl (C=O) groups excluding carboxylic acids is 1. The summed E-state index contributed by atoms with van der Waals surface area (Å²) in [4.78, 5) is 12.1. The third kappa shape index (κ3) is 3.96. The van der Waals surface area contributed by atoms with Gasteiger partial charge < -0.3 is 14.8 Å². The lowest BCUT2D eigenvalue weighted by molar-refractivity contribution is 0.0929. The molecular weight excluding hydrogens is 364 g/mol. The van der Waals surface area contributed by atoms with Gasteiger partial charge in [-0.25, -0.2) is 8.78 Å². The van der Waals surface area contributed by atoms with Crippen molar-refractivity contribution in [3.8, 4) is 17.2 Å². The standard InChI is InChI=1S/C22H17F2NO3/c23-15-6-8-19(20(24)12-15)22(26)25-13-18-11-14-10-17(7-9-21(14)28-18)27-16-4-2-1-3-5-16/h1-10,12,18H,11,13H2,(H,25,26). The first kappa shape index (κ1) is 18.0. The minimum atomic E-state index is -0.893. The summed E-state index contributed by atoms with van der Waals surface area (Å²) in [5, 5.41) is 2.63. The number of rotatable bonds is 5. The van der Waals surface area contributed by atoms with Gasteiger partial charge in [-0.2, -0.15) is 0 Å². The van der Waals surface area contributed by atoms with Gasteiger partial charge in [0.1, 0.15) is 35.0 Å². The summed E-state index contributed by atoms with van der Waals surface area (Å²) in [7, 11) is 0. The highest BCUT2D eigenvalue weighted by Gasteiger charge is 2.24. The van der Waals surface area contributed by atoms with Gasteiger partial charge in [0.2, 0.25) is 0 Å². The maximum Gasteiger partial charge on any atom is 0.254 e. The summed E-state index contributed by atoms with van der Waals surface area (Å²) < 4.78 is 38.3. The fraction of sp³-hybridized carbons (Fsp3) is 0.136. The van der Waals surface area contributed by atoms with Gasteiger partial charge in [0, 0.05) is 18.1 Å². The van der Waals surface area contributed by atoms with Crippen LogP contribution in [0.3, 0.4) is 0 Å². The molecule has 0 bridgehead atoms. The smallest absolute Gasteiger partial charge is 0.254 e. The van der Waals surface area contributed by atoms with E-state index in [9.17, 15) is 13.6 Å². The summed E-state index contributed by atoms with van der Waals surface area (Å²) in [6.45, 7) is 0.208. The second kappa shape index (κ2) is 7.68. The van der Waals surface area contributed by atoms with E-state index in [4.69, 9.17) is 9.47 Å². The Morgan fingerprint density at radius 3 is 2.64 bits per heavy atom. The largest absolute Gasteiger partial charge is 0.488 e. The van der Waals surface area contributed by atoms with Crippen molar-refractivity contribution in [2.45, 2.75) is 12.5 Å². The zero-order chi connectivity index (χ0) is 19.5. The fourth-order valence-electron chi connectivity index (χ4n) is 3.07. The van der Waals surface area contributed by atoms with Crippen molar-refractivity contribution < 1.29 is 23.0 Å². The molecule has 6 heteroatoms. The molecule has 1 aliphatic heterocycles. The molecule has 1 heterocycles. The second-order valence-electron chi connectivity index (χ2n) is 6.46. The molecule has 1 aliphatic rings. The van der Waals surface area contributed by atoms with Crippen LogP contribution in [0.15, 0.2) is 66.7 Å². The fourth-order valence-corrected chi connectivity index (χ4v) is 3.07. The van der Waals surface area contributed by atoms with Crippen LogP contribution in [0, 0.1) is 11.6 Å². The van der Waals surface area contributed by atoms with Crippen molar-refractivity contribution in [1.29, 1.82) is 0 Å². The van der Waals surface area contributed by atoms with Crippen molar-refractivity contribution in [3.63, 3.8) is 0 Å². The number of para-hydroxylation sites is 1. The number of hydrogen-bond acceptors (Lipinski definition) is 3. The molecule has 0 spiro atoms. The highest BCUT2D eigenvalue weighted by Crippen LogP contribution is 2.33. The molecule has 3 aromatic rings. The number of fused-ring (bicyclic) bond motifs is 1.